The molecule has 2 aromatic heterocycles. The molecular formula is C19H16N2O3. The highest BCUT2D eigenvalue weighted by molar-refractivity contribution is 6.06. The van der Waals surface area contributed by atoms with Crippen LogP contribution in [0.5, 0.6) is 0 Å². The number of allylic oxidation sites excluding steroid dienone is 2. The van der Waals surface area contributed by atoms with Crippen molar-refractivity contribution >= 4 is 33.7 Å². The van der Waals surface area contributed by atoms with Gasteiger partial charge in [0.1, 0.15) is 11.1 Å². The molecule has 1 aliphatic heterocycles. The number of aromatic nitrogens is 1. The fourth-order valence-corrected chi connectivity index (χ4v) is 2.84. The summed E-state index contributed by atoms with van der Waals surface area (Å²) in [6, 6.07) is 9.53. The SMILES string of the molecule is CCOC(=O)c1nc2c(cc1N1C=CC=CC1)oc1ccccc12. The number of anilines is 1. The summed E-state index contributed by atoms with van der Waals surface area (Å²) in [5, 5.41) is 0.888. The fraction of sp³-hybridized carbons (Fsp3) is 0.158. The van der Waals surface area contributed by atoms with E-state index in [0.717, 1.165) is 11.0 Å². The number of rotatable bonds is 3. The summed E-state index contributed by atoms with van der Waals surface area (Å²) in [6.45, 7) is 2.75. The molecule has 5 heteroatoms. The lowest BCUT2D eigenvalue weighted by Crippen LogP contribution is -2.22. The molecule has 0 N–H and O–H groups in total. The van der Waals surface area contributed by atoms with Crippen LogP contribution in [0.2, 0.25) is 0 Å². The number of nitrogens with zero attached hydrogens (tertiary/aromatic N) is 2. The van der Waals surface area contributed by atoms with E-state index in [1.807, 2.05) is 59.7 Å². The molecule has 24 heavy (non-hydrogen) atoms. The number of para-hydroxylation sites is 1. The van der Waals surface area contributed by atoms with Gasteiger partial charge in [0.05, 0.1) is 12.3 Å². The Morgan fingerprint density at radius 3 is 2.96 bits per heavy atom. The lowest BCUT2D eigenvalue weighted by molar-refractivity contribution is 0.0521. The van der Waals surface area contributed by atoms with E-state index in [1.54, 1.807) is 6.92 Å². The van der Waals surface area contributed by atoms with E-state index in [-0.39, 0.29) is 0 Å². The molecule has 0 fully saturated rings. The van der Waals surface area contributed by atoms with Crippen molar-refractivity contribution in [1.82, 2.24) is 4.98 Å². The van der Waals surface area contributed by atoms with Crippen LogP contribution in [0, 0.1) is 0 Å². The van der Waals surface area contributed by atoms with Crippen LogP contribution in [-0.4, -0.2) is 24.1 Å². The first kappa shape index (κ1) is 14.5. The summed E-state index contributed by atoms with van der Waals surface area (Å²) >= 11 is 0. The van der Waals surface area contributed by atoms with Crippen molar-refractivity contribution in [2.45, 2.75) is 6.92 Å². The predicted molar refractivity (Wildman–Crippen MR) is 93.1 cm³/mol. The second kappa shape index (κ2) is 5.85. The fourth-order valence-electron chi connectivity index (χ4n) is 2.84. The number of benzene rings is 1. The predicted octanol–water partition coefficient (Wildman–Crippen LogP) is 4.05. The van der Waals surface area contributed by atoms with Gasteiger partial charge < -0.3 is 14.1 Å². The largest absolute Gasteiger partial charge is 0.461 e. The van der Waals surface area contributed by atoms with Crippen LogP contribution in [0.15, 0.2) is 59.2 Å². The van der Waals surface area contributed by atoms with Gasteiger partial charge in [0.25, 0.3) is 0 Å². The van der Waals surface area contributed by atoms with Crippen molar-refractivity contribution < 1.29 is 13.9 Å². The molecule has 0 radical (unpaired) electrons. The van der Waals surface area contributed by atoms with Crippen molar-refractivity contribution in [2.24, 2.45) is 0 Å². The maximum Gasteiger partial charge on any atom is 0.359 e. The van der Waals surface area contributed by atoms with Gasteiger partial charge in [-0.25, -0.2) is 9.78 Å². The van der Waals surface area contributed by atoms with Crippen LogP contribution in [0.3, 0.4) is 0 Å². The number of hydrogen-bond donors (Lipinski definition) is 0. The molecule has 0 amide bonds. The Labute approximate surface area is 138 Å². The smallest absolute Gasteiger partial charge is 0.359 e. The third kappa shape index (κ3) is 2.34. The highest BCUT2D eigenvalue weighted by Crippen LogP contribution is 2.32. The average molecular weight is 320 g/mol. The Hall–Kier alpha value is -3.08. The first-order valence-corrected chi connectivity index (χ1v) is 7.87. The number of ether oxygens (including phenoxy) is 1. The number of esters is 1. The van der Waals surface area contributed by atoms with E-state index < -0.39 is 5.97 Å². The molecule has 120 valence electrons. The Morgan fingerprint density at radius 2 is 2.17 bits per heavy atom. The number of carbonyl (C=O) groups is 1. The zero-order valence-electron chi connectivity index (χ0n) is 13.2. The molecule has 0 saturated carbocycles. The number of furan rings is 1. The van der Waals surface area contributed by atoms with Crippen LogP contribution < -0.4 is 4.90 Å². The second-order valence-corrected chi connectivity index (χ2v) is 5.44. The van der Waals surface area contributed by atoms with E-state index in [2.05, 4.69) is 4.98 Å². The molecule has 0 unspecified atom stereocenters. The first-order valence-electron chi connectivity index (χ1n) is 7.87. The molecular weight excluding hydrogens is 304 g/mol. The summed E-state index contributed by atoms with van der Waals surface area (Å²) in [7, 11) is 0. The van der Waals surface area contributed by atoms with Crippen LogP contribution >= 0.6 is 0 Å². The van der Waals surface area contributed by atoms with Crippen molar-refractivity contribution in [1.29, 1.82) is 0 Å². The zero-order chi connectivity index (χ0) is 16.5. The maximum atomic E-state index is 12.4. The van der Waals surface area contributed by atoms with Gasteiger partial charge in [0.15, 0.2) is 11.3 Å². The molecule has 4 rings (SSSR count). The lowest BCUT2D eigenvalue weighted by atomic mass is 10.2. The first-order chi connectivity index (χ1) is 11.8. The van der Waals surface area contributed by atoms with Crippen LogP contribution in [-0.2, 0) is 4.74 Å². The minimum Gasteiger partial charge on any atom is -0.461 e. The van der Waals surface area contributed by atoms with Crippen molar-refractivity contribution in [3.63, 3.8) is 0 Å². The Balaban J connectivity index is 1.95. The summed E-state index contributed by atoms with van der Waals surface area (Å²) in [5.41, 5.74) is 3.06. The average Bonchev–Trinajstić information content (AvgIpc) is 2.99. The Kier molecular flexibility index (Phi) is 3.54. The maximum absolute atomic E-state index is 12.4. The van der Waals surface area contributed by atoms with Gasteiger partial charge >= 0.3 is 5.97 Å². The van der Waals surface area contributed by atoms with Crippen LogP contribution in [0.1, 0.15) is 17.4 Å². The Bertz CT molecular complexity index is 985. The molecule has 3 heterocycles. The summed E-state index contributed by atoms with van der Waals surface area (Å²) < 4.78 is 11.1. The van der Waals surface area contributed by atoms with Gasteiger partial charge in [-0.2, -0.15) is 0 Å². The minimum atomic E-state index is -0.428. The third-order valence-corrected chi connectivity index (χ3v) is 3.92. The van der Waals surface area contributed by atoms with E-state index in [4.69, 9.17) is 9.15 Å². The van der Waals surface area contributed by atoms with Gasteiger partial charge in [-0.3, -0.25) is 0 Å². The molecule has 0 aliphatic carbocycles. The topological polar surface area (TPSA) is 55.6 Å². The van der Waals surface area contributed by atoms with E-state index in [9.17, 15) is 4.79 Å². The van der Waals surface area contributed by atoms with Gasteiger partial charge in [-0.1, -0.05) is 24.3 Å². The highest BCUT2D eigenvalue weighted by Gasteiger charge is 2.22. The molecule has 3 aromatic rings. The molecule has 0 spiro atoms. The van der Waals surface area contributed by atoms with Gasteiger partial charge in [-0.05, 0) is 25.1 Å². The van der Waals surface area contributed by atoms with Gasteiger partial charge in [0.2, 0.25) is 0 Å². The van der Waals surface area contributed by atoms with Gasteiger partial charge in [0, 0.05) is 24.2 Å². The summed E-state index contributed by atoms with van der Waals surface area (Å²) in [5.74, 6) is -0.428. The standard InChI is InChI=1S/C19H16N2O3/c1-2-23-19(22)18-14(21-10-6-3-7-11-21)12-16-17(20-18)13-8-4-5-9-15(13)24-16/h3-10,12H,2,11H2,1H3. The minimum absolute atomic E-state index is 0.302. The third-order valence-electron chi connectivity index (χ3n) is 3.92. The zero-order valence-corrected chi connectivity index (χ0v) is 13.2. The summed E-state index contributed by atoms with van der Waals surface area (Å²) in [4.78, 5) is 19.0. The number of hydrogen-bond acceptors (Lipinski definition) is 5. The van der Waals surface area contributed by atoms with Crippen molar-refractivity contribution in [2.75, 3.05) is 18.1 Å². The number of fused-ring (bicyclic) bond motifs is 3. The molecule has 1 aliphatic rings. The van der Waals surface area contributed by atoms with Gasteiger partial charge in [-0.15, -0.1) is 0 Å². The second-order valence-electron chi connectivity index (χ2n) is 5.44. The number of carbonyl (C=O) groups excluding carboxylic acids is 1. The monoisotopic (exact) mass is 320 g/mol. The lowest BCUT2D eigenvalue weighted by Gasteiger charge is -2.22. The van der Waals surface area contributed by atoms with E-state index in [1.165, 1.54) is 0 Å². The van der Waals surface area contributed by atoms with Crippen LogP contribution in [0.4, 0.5) is 5.69 Å². The molecule has 5 nitrogen and oxygen atoms in total. The molecule has 1 aromatic carbocycles. The number of pyridine rings is 1. The molecule has 0 saturated heterocycles. The molecule has 0 bridgehead atoms. The molecule has 0 atom stereocenters. The van der Waals surface area contributed by atoms with Crippen molar-refractivity contribution in [3.8, 4) is 0 Å². The van der Waals surface area contributed by atoms with Crippen LogP contribution in [0.25, 0.3) is 22.1 Å². The highest BCUT2D eigenvalue weighted by atomic mass is 16.5. The van der Waals surface area contributed by atoms with E-state index in [0.29, 0.717) is 35.6 Å². The quantitative estimate of drug-likeness (QED) is 0.682. The van der Waals surface area contributed by atoms with E-state index >= 15 is 0 Å². The van der Waals surface area contributed by atoms with Crippen molar-refractivity contribution in [3.05, 3.63) is 60.5 Å². The summed E-state index contributed by atoms with van der Waals surface area (Å²) in [6.07, 6.45) is 7.81. The Morgan fingerprint density at radius 1 is 1.29 bits per heavy atom. The normalized spacial score (nSPS) is 13.8.